The summed E-state index contributed by atoms with van der Waals surface area (Å²) in [7, 11) is 0. The second-order valence-corrected chi connectivity index (χ2v) is 3.68. The maximum Gasteiger partial charge on any atom is 0.142 e. The van der Waals surface area contributed by atoms with Gasteiger partial charge in [-0.15, -0.1) is 6.58 Å². The lowest BCUT2D eigenvalue weighted by Crippen LogP contribution is -2.23. The van der Waals surface area contributed by atoms with E-state index in [1.54, 1.807) is 6.08 Å². The molecule has 1 aliphatic rings. The summed E-state index contributed by atoms with van der Waals surface area (Å²) in [5, 5.41) is 0. The number of hydrogen-bond donors (Lipinski definition) is 0. The molecule has 0 unspecified atom stereocenters. The Morgan fingerprint density at radius 2 is 2.09 bits per heavy atom. The molecule has 1 heteroatoms. The van der Waals surface area contributed by atoms with Crippen LogP contribution in [0.4, 0.5) is 0 Å². The molecule has 0 heterocycles. The topological polar surface area (TPSA) is 17.1 Å². The van der Waals surface area contributed by atoms with E-state index in [-0.39, 0.29) is 5.41 Å². The lowest BCUT2D eigenvalue weighted by molar-refractivity contribution is -0.126. The zero-order valence-corrected chi connectivity index (χ0v) is 7.23. The van der Waals surface area contributed by atoms with Gasteiger partial charge >= 0.3 is 0 Å². The highest BCUT2D eigenvalue weighted by Crippen LogP contribution is 2.38. The van der Waals surface area contributed by atoms with Crippen LogP contribution in [0.1, 0.15) is 39.0 Å². The van der Waals surface area contributed by atoms with Crippen molar-refractivity contribution in [1.82, 2.24) is 0 Å². The van der Waals surface area contributed by atoms with Gasteiger partial charge in [0.25, 0.3) is 0 Å². The Kier molecular flexibility index (Phi) is 2.48. The molecular formula is C10H16O. The highest BCUT2D eigenvalue weighted by atomic mass is 16.1. The highest BCUT2D eigenvalue weighted by molar-refractivity contribution is 5.85. The van der Waals surface area contributed by atoms with Crippen LogP contribution in [0, 0.1) is 5.41 Å². The van der Waals surface area contributed by atoms with Crippen molar-refractivity contribution in [2.45, 2.75) is 39.0 Å². The van der Waals surface area contributed by atoms with Crippen LogP contribution >= 0.6 is 0 Å². The minimum atomic E-state index is -0.00576. The van der Waals surface area contributed by atoms with Gasteiger partial charge in [-0.25, -0.2) is 0 Å². The van der Waals surface area contributed by atoms with E-state index >= 15 is 0 Å². The minimum Gasteiger partial charge on any atom is -0.299 e. The van der Waals surface area contributed by atoms with E-state index in [2.05, 4.69) is 13.5 Å². The van der Waals surface area contributed by atoms with Gasteiger partial charge in [-0.1, -0.05) is 25.8 Å². The van der Waals surface area contributed by atoms with Crippen LogP contribution in [0.25, 0.3) is 0 Å². The van der Waals surface area contributed by atoms with Crippen molar-refractivity contribution in [3.8, 4) is 0 Å². The molecule has 0 atom stereocenters. The average molecular weight is 152 g/mol. The van der Waals surface area contributed by atoms with Crippen LogP contribution < -0.4 is 0 Å². The molecule has 1 fully saturated rings. The predicted molar refractivity (Wildman–Crippen MR) is 46.4 cm³/mol. The van der Waals surface area contributed by atoms with Gasteiger partial charge in [0.05, 0.1) is 0 Å². The van der Waals surface area contributed by atoms with E-state index in [9.17, 15) is 4.79 Å². The van der Waals surface area contributed by atoms with E-state index in [0.717, 1.165) is 12.8 Å². The first-order valence-electron chi connectivity index (χ1n) is 4.33. The molecule has 0 saturated heterocycles. The molecule has 0 bridgehead atoms. The number of Topliss-reactive ketones (excluding diaryl/α,β-unsaturated/α-hetero) is 1. The minimum absolute atomic E-state index is 0.00576. The summed E-state index contributed by atoms with van der Waals surface area (Å²) >= 11 is 0. The average Bonchev–Trinajstić information content (AvgIpc) is 2.38. The van der Waals surface area contributed by atoms with Gasteiger partial charge in [0.15, 0.2) is 0 Å². The monoisotopic (exact) mass is 152 g/mol. The molecular weight excluding hydrogens is 136 g/mol. The second-order valence-electron chi connectivity index (χ2n) is 3.68. The zero-order valence-electron chi connectivity index (χ0n) is 7.23. The molecule has 1 saturated carbocycles. The van der Waals surface area contributed by atoms with Crippen LogP contribution in [-0.2, 0) is 4.79 Å². The molecule has 0 radical (unpaired) electrons. The van der Waals surface area contributed by atoms with Crippen LogP contribution in [0.3, 0.4) is 0 Å². The largest absolute Gasteiger partial charge is 0.299 e. The first kappa shape index (κ1) is 8.51. The number of carbonyl (C=O) groups is 1. The van der Waals surface area contributed by atoms with Crippen LogP contribution in [0.15, 0.2) is 12.7 Å². The maximum atomic E-state index is 11.5. The molecule has 0 aromatic rings. The Labute approximate surface area is 68.5 Å². The Morgan fingerprint density at radius 3 is 2.55 bits per heavy atom. The summed E-state index contributed by atoms with van der Waals surface area (Å²) in [6.07, 6.45) is 6.88. The van der Waals surface area contributed by atoms with Gasteiger partial charge in [0, 0.05) is 11.8 Å². The first-order chi connectivity index (χ1) is 5.19. The van der Waals surface area contributed by atoms with Gasteiger partial charge in [-0.2, -0.15) is 0 Å². The fraction of sp³-hybridized carbons (Fsp3) is 0.700. The van der Waals surface area contributed by atoms with Crippen molar-refractivity contribution in [3.63, 3.8) is 0 Å². The van der Waals surface area contributed by atoms with Crippen LogP contribution in [0.2, 0.25) is 0 Å². The SMILES string of the molecule is C=CCC(=O)C1(C)CCCC1. The number of carbonyl (C=O) groups excluding carboxylic acids is 1. The third-order valence-electron chi connectivity index (χ3n) is 2.71. The van der Waals surface area contributed by atoms with Crippen molar-refractivity contribution in [2.24, 2.45) is 5.41 Å². The summed E-state index contributed by atoms with van der Waals surface area (Å²) in [5.41, 5.74) is -0.00576. The van der Waals surface area contributed by atoms with Gasteiger partial charge < -0.3 is 0 Å². The summed E-state index contributed by atoms with van der Waals surface area (Å²) in [6, 6.07) is 0. The number of allylic oxidation sites excluding steroid dienone is 1. The van der Waals surface area contributed by atoms with Crippen molar-refractivity contribution >= 4 is 5.78 Å². The van der Waals surface area contributed by atoms with Crippen molar-refractivity contribution in [3.05, 3.63) is 12.7 Å². The Balaban J connectivity index is 2.55. The van der Waals surface area contributed by atoms with E-state index in [4.69, 9.17) is 0 Å². The number of ketones is 1. The predicted octanol–water partition coefficient (Wildman–Crippen LogP) is 2.71. The zero-order chi connectivity index (χ0) is 8.32. The molecule has 0 N–H and O–H groups in total. The molecule has 0 aromatic carbocycles. The molecule has 0 amide bonds. The van der Waals surface area contributed by atoms with Gasteiger partial charge in [0.1, 0.15) is 5.78 Å². The first-order valence-corrected chi connectivity index (χ1v) is 4.33. The quantitative estimate of drug-likeness (QED) is 0.568. The molecule has 1 rings (SSSR count). The van der Waals surface area contributed by atoms with E-state index < -0.39 is 0 Å². The van der Waals surface area contributed by atoms with Crippen LogP contribution in [0.5, 0.6) is 0 Å². The summed E-state index contributed by atoms with van der Waals surface area (Å²) in [4.78, 5) is 11.5. The molecule has 0 aromatic heterocycles. The fourth-order valence-corrected chi connectivity index (χ4v) is 1.81. The normalized spacial score (nSPS) is 21.5. The molecule has 62 valence electrons. The number of rotatable bonds is 3. The summed E-state index contributed by atoms with van der Waals surface area (Å²) in [6.45, 7) is 5.67. The Bertz CT molecular complexity index is 164. The second kappa shape index (κ2) is 3.21. The standard InChI is InChI=1S/C10H16O/c1-3-6-9(11)10(2)7-4-5-8-10/h3H,1,4-8H2,2H3. The molecule has 1 nitrogen and oxygen atoms in total. The maximum absolute atomic E-state index is 11.5. The summed E-state index contributed by atoms with van der Waals surface area (Å²) < 4.78 is 0. The molecule has 0 spiro atoms. The molecule has 11 heavy (non-hydrogen) atoms. The summed E-state index contributed by atoms with van der Waals surface area (Å²) in [5.74, 6) is 0.380. The third-order valence-corrected chi connectivity index (χ3v) is 2.71. The third kappa shape index (κ3) is 1.70. The lowest BCUT2D eigenvalue weighted by atomic mass is 9.83. The van der Waals surface area contributed by atoms with Crippen LogP contribution in [-0.4, -0.2) is 5.78 Å². The van der Waals surface area contributed by atoms with Crippen molar-refractivity contribution < 1.29 is 4.79 Å². The molecule has 0 aliphatic heterocycles. The number of hydrogen-bond acceptors (Lipinski definition) is 1. The van der Waals surface area contributed by atoms with E-state index in [0.29, 0.717) is 12.2 Å². The van der Waals surface area contributed by atoms with Crippen molar-refractivity contribution in [2.75, 3.05) is 0 Å². The van der Waals surface area contributed by atoms with E-state index in [1.807, 2.05) is 0 Å². The van der Waals surface area contributed by atoms with Gasteiger partial charge in [-0.3, -0.25) is 4.79 Å². The van der Waals surface area contributed by atoms with Gasteiger partial charge in [-0.05, 0) is 12.8 Å². The lowest BCUT2D eigenvalue weighted by Gasteiger charge is -2.20. The van der Waals surface area contributed by atoms with E-state index in [1.165, 1.54) is 12.8 Å². The smallest absolute Gasteiger partial charge is 0.142 e. The fourth-order valence-electron chi connectivity index (χ4n) is 1.81. The van der Waals surface area contributed by atoms with Gasteiger partial charge in [0.2, 0.25) is 0 Å². The van der Waals surface area contributed by atoms with Crippen molar-refractivity contribution in [1.29, 1.82) is 0 Å². The highest BCUT2D eigenvalue weighted by Gasteiger charge is 2.34. The Morgan fingerprint density at radius 1 is 1.55 bits per heavy atom. The molecule has 1 aliphatic carbocycles. The Hall–Kier alpha value is -0.590.